The minimum atomic E-state index is -0.829. The lowest BCUT2D eigenvalue weighted by Gasteiger charge is -2.23. The molecule has 21 heavy (non-hydrogen) atoms. The maximum atomic E-state index is 12.2. The number of aliphatic hydroxyl groups is 1. The van der Waals surface area contributed by atoms with Gasteiger partial charge in [0.2, 0.25) is 0 Å². The van der Waals surface area contributed by atoms with Crippen molar-refractivity contribution in [1.29, 1.82) is 0 Å². The molecule has 1 rings (SSSR count). The van der Waals surface area contributed by atoms with E-state index in [9.17, 15) is 9.90 Å². The first-order valence-corrected chi connectivity index (χ1v) is 8.03. The van der Waals surface area contributed by atoms with E-state index < -0.39 is 24.1 Å². The smallest absolute Gasteiger partial charge is 0.254 e. The molecule has 1 heterocycles. The Labute approximate surface area is 128 Å². The minimum absolute atomic E-state index is 0.157. The summed E-state index contributed by atoms with van der Waals surface area (Å²) in [5.74, 6) is -0.986. The van der Waals surface area contributed by atoms with Crippen LogP contribution in [0.5, 0.6) is 0 Å². The highest BCUT2D eigenvalue weighted by Crippen LogP contribution is 2.32. The van der Waals surface area contributed by atoms with Crippen molar-refractivity contribution < 1.29 is 19.4 Å². The fraction of sp³-hybridized carbons (Fsp3) is 0.938. The van der Waals surface area contributed by atoms with E-state index in [1.165, 1.54) is 24.2 Å². The number of hydrogen-bond acceptors (Lipinski definition) is 4. The van der Waals surface area contributed by atoms with E-state index in [4.69, 9.17) is 9.47 Å². The predicted octanol–water partition coefficient (Wildman–Crippen LogP) is 2.32. The second-order valence-electron chi connectivity index (χ2n) is 6.52. The van der Waals surface area contributed by atoms with Gasteiger partial charge < -0.3 is 19.5 Å². The topological polar surface area (TPSA) is 59.0 Å². The summed E-state index contributed by atoms with van der Waals surface area (Å²) in [6, 6.07) is 0. The van der Waals surface area contributed by atoms with Crippen molar-refractivity contribution in [2.75, 3.05) is 14.1 Å². The first-order valence-electron chi connectivity index (χ1n) is 8.03. The third kappa shape index (κ3) is 5.57. The van der Waals surface area contributed by atoms with Gasteiger partial charge in [-0.05, 0) is 20.3 Å². The highest BCUT2D eigenvalue weighted by molar-refractivity contribution is 5.81. The largest absolute Gasteiger partial charge is 0.390 e. The molecule has 1 amide bonds. The van der Waals surface area contributed by atoms with E-state index in [-0.39, 0.29) is 5.91 Å². The number of ether oxygens (including phenoxy) is 2. The third-order valence-corrected chi connectivity index (χ3v) is 3.80. The van der Waals surface area contributed by atoms with Gasteiger partial charge in [0, 0.05) is 14.1 Å². The molecule has 1 fully saturated rings. The second-order valence-corrected chi connectivity index (χ2v) is 6.52. The molecule has 1 saturated heterocycles. The van der Waals surface area contributed by atoms with Gasteiger partial charge in [0.15, 0.2) is 11.9 Å². The lowest BCUT2D eigenvalue weighted by molar-refractivity contribution is -0.163. The Morgan fingerprint density at radius 1 is 1.19 bits per heavy atom. The van der Waals surface area contributed by atoms with Gasteiger partial charge in [-0.3, -0.25) is 4.79 Å². The minimum Gasteiger partial charge on any atom is -0.390 e. The van der Waals surface area contributed by atoms with Crippen LogP contribution in [0.3, 0.4) is 0 Å². The van der Waals surface area contributed by atoms with Crippen LogP contribution < -0.4 is 0 Å². The molecule has 0 aromatic rings. The Morgan fingerprint density at radius 3 is 2.38 bits per heavy atom. The summed E-state index contributed by atoms with van der Waals surface area (Å²) in [6.45, 7) is 5.73. The molecule has 1 N–H and O–H groups in total. The first-order chi connectivity index (χ1) is 9.78. The maximum Gasteiger partial charge on any atom is 0.254 e. The summed E-state index contributed by atoms with van der Waals surface area (Å²) < 4.78 is 11.4. The van der Waals surface area contributed by atoms with Crippen molar-refractivity contribution >= 4 is 5.91 Å². The molecule has 0 saturated carbocycles. The monoisotopic (exact) mass is 301 g/mol. The number of carbonyl (C=O) groups excluding carboxylic acids is 1. The molecule has 1 aliphatic rings. The van der Waals surface area contributed by atoms with Crippen LogP contribution in [0.4, 0.5) is 0 Å². The van der Waals surface area contributed by atoms with Gasteiger partial charge in [-0.25, -0.2) is 0 Å². The fourth-order valence-corrected chi connectivity index (χ4v) is 2.64. The maximum absolute atomic E-state index is 12.2. The zero-order valence-corrected chi connectivity index (χ0v) is 14.1. The predicted molar refractivity (Wildman–Crippen MR) is 81.9 cm³/mol. The number of nitrogens with zero attached hydrogens (tertiary/aromatic N) is 1. The number of rotatable bonds is 8. The van der Waals surface area contributed by atoms with Crippen LogP contribution >= 0.6 is 0 Å². The van der Waals surface area contributed by atoms with Crippen molar-refractivity contribution in [1.82, 2.24) is 4.90 Å². The number of hydrogen-bond donors (Lipinski definition) is 1. The van der Waals surface area contributed by atoms with Crippen LogP contribution in [0.15, 0.2) is 0 Å². The molecular formula is C16H31NO4. The Kier molecular flexibility index (Phi) is 7.10. The van der Waals surface area contributed by atoms with E-state index >= 15 is 0 Å². The molecule has 0 aromatic carbocycles. The molecule has 1 aliphatic heterocycles. The summed E-state index contributed by atoms with van der Waals surface area (Å²) in [5, 5.41) is 10.4. The van der Waals surface area contributed by atoms with Gasteiger partial charge in [-0.15, -0.1) is 0 Å². The Bertz CT molecular complexity index is 330. The molecular weight excluding hydrogens is 270 g/mol. The van der Waals surface area contributed by atoms with Crippen molar-refractivity contribution in [2.24, 2.45) is 0 Å². The highest BCUT2D eigenvalue weighted by Gasteiger charge is 2.48. The van der Waals surface area contributed by atoms with Crippen molar-refractivity contribution in [3.8, 4) is 0 Å². The fourth-order valence-electron chi connectivity index (χ4n) is 2.64. The molecule has 0 radical (unpaired) electrons. The van der Waals surface area contributed by atoms with Crippen LogP contribution in [-0.4, -0.2) is 54.1 Å². The van der Waals surface area contributed by atoms with Crippen molar-refractivity contribution in [3.05, 3.63) is 0 Å². The van der Waals surface area contributed by atoms with Crippen LogP contribution in [0.1, 0.15) is 59.3 Å². The molecule has 5 nitrogen and oxygen atoms in total. The Balaban J connectivity index is 2.54. The van der Waals surface area contributed by atoms with E-state index in [0.29, 0.717) is 6.42 Å². The molecule has 0 aliphatic carbocycles. The summed E-state index contributed by atoms with van der Waals surface area (Å²) in [7, 11) is 3.37. The molecule has 0 bridgehead atoms. The lowest BCUT2D eigenvalue weighted by Crippen LogP contribution is -2.45. The van der Waals surface area contributed by atoms with Gasteiger partial charge in [-0.1, -0.05) is 39.0 Å². The van der Waals surface area contributed by atoms with Gasteiger partial charge in [0.1, 0.15) is 6.10 Å². The molecule has 124 valence electrons. The molecule has 0 aromatic heterocycles. The van der Waals surface area contributed by atoms with Crippen LogP contribution in [0.2, 0.25) is 0 Å². The molecule has 0 spiro atoms. The standard InChI is InChI=1S/C16H31NO4/c1-6-7-8-9-10-11-12(18)13-14(15(19)17(4)5)21-16(2,3)20-13/h12-14,18H,6-11H2,1-5H3/t12-,13+,14-/m1/s1. The SMILES string of the molecule is CCCCCCC[C@@H](O)[C@@H]1OC(C)(C)O[C@H]1C(=O)N(C)C. The van der Waals surface area contributed by atoms with Crippen LogP contribution in [0, 0.1) is 0 Å². The quantitative estimate of drug-likeness (QED) is 0.699. The summed E-state index contributed by atoms with van der Waals surface area (Å²) >= 11 is 0. The third-order valence-electron chi connectivity index (χ3n) is 3.80. The lowest BCUT2D eigenvalue weighted by atomic mass is 10.0. The summed E-state index contributed by atoms with van der Waals surface area (Å²) in [6.07, 6.45) is 4.35. The number of aliphatic hydroxyl groups excluding tert-OH is 1. The number of amides is 1. The van der Waals surface area contributed by atoms with Crippen molar-refractivity contribution in [2.45, 2.75) is 83.4 Å². The number of unbranched alkanes of at least 4 members (excludes halogenated alkanes) is 4. The zero-order valence-electron chi connectivity index (χ0n) is 14.1. The van der Waals surface area contributed by atoms with Crippen molar-refractivity contribution in [3.63, 3.8) is 0 Å². The van der Waals surface area contributed by atoms with Gasteiger partial charge in [0.05, 0.1) is 6.10 Å². The average molecular weight is 301 g/mol. The number of likely N-dealkylation sites (N-methyl/N-ethyl adjacent to an activating group) is 1. The van der Waals surface area contributed by atoms with E-state index in [2.05, 4.69) is 6.92 Å². The average Bonchev–Trinajstić information content (AvgIpc) is 2.73. The Morgan fingerprint density at radius 2 is 1.81 bits per heavy atom. The van der Waals surface area contributed by atoms with Crippen LogP contribution in [-0.2, 0) is 14.3 Å². The van der Waals surface area contributed by atoms with E-state index in [0.717, 1.165) is 12.8 Å². The van der Waals surface area contributed by atoms with Gasteiger partial charge >= 0.3 is 0 Å². The molecule has 5 heteroatoms. The first kappa shape index (κ1) is 18.4. The second kappa shape index (κ2) is 8.11. The number of carbonyl (C=O) groups is 1. The van der Waals surface area contributed by atoms with E-state index in [1.807, 2.05) is 0 Å². The highest BCUT2D eigenvalue weighted by atomic mass is 16.8. The molecule has 3 atom stereocenters. The summed E-state index contributed by atoms with van der Waals surface area (Å²) in [4.78, 5) is 13.7. The Hall–Kier alpha value is -0.650. The molecule has 0 unspecified atom stereocenters. The van der Waals surface area contributed by atoms with Gasteiger partial charge in [0.25, 0.3) is 5.91 Å². The zero-order chi connectivity index (χ0) is 16.0. The normalized spacial score (nSPS) is 25.8. The summed E-state index contributed by atoms with van der Waals surface area (Å²) in [5.41, 5.74) is 0. The van der Waals surface area contributed by atoms with Gasteiger partial charge in [-0.2, -0.15) is 0 Å². The van der Waals surface area contributed by atoms with E-state index in [1.54, 1.807) is 27.9 Å². The van der Waals surface area contributed by atoms with Crippen LogP contribution in [0.25, 0.3) is 0 Å².